The van der Waals surface area contributed by atoms with Crippen LogP contribution in [0, 0.1) is 0 Å². The van der Waals surface area contributed by atoms with Gasteiger partial charge in [-0.1, -0.05) is 0 Å². The molecular weight excluding hydrogens is 192 g/mol. The first kappa shape index (κ1) is 9.96. The van der Waals surface area contributed by atoms with Crippen molar-refractivity contribution in [1.29, 1.82) is 0 Å². The lowest BCUT2D eigenvalue weighted by molar-refractivity contribution is -0.136. The standard InChI is InChI=1S/C11H14N2O2/c14-11(15)4-5-12-10-6-8-2-1-3-9(8)7-13-10/h6-7H,1-5H2,(H,12,13)(H,14,15). The summed E-state index contributed by atoms with van der Waals surface area (Å²) in [6.45, 7) is 0.432. The minimum Gasteiger partial charge on any atom is -0.481 e. The summed E-state index contributed by atoms with van der Waals surface area (Å²) in [6.07, 6.45) is 5.46. The Morgan fingerprint density at radius 3 is 3.07 bits per heavy atom. The van der Waals surface area contributed by atoms with E-state index in [0.29, 0.717) is 6.54 Å². The zero-order chi connectivity index (χ0) is 10.7. The van der Waals surface area contributed by atoms with Crippen LogP contribution in [-0.4, -0.2) is 22.6 Å². The number of carbonyl (C=O) groups is 1. The first-order valence-electron chi connectivity index (χ1n) is 5.19. The molecule has 0 saturated carbocycles. The highest BCUT2D eigenvalue weighted by Crippen LogP contribution is 2.22. The molecule has 0 amide bonds. The number of pyridine rings is 1. The second kappa shape index (κ2) is 4.29. The summed E-state index contributed by atoms with van der Waals surface area (Å²) in [5.74, 6) is 0.000519. The summed E-state index contributed by atoms with van der Waals surface area (Å²) in [6, 6.07) is 2.03. The Kier molecular flexibility index (Phi) is 2.85. The molecular formula is C11H14N2O2. The van der Waals surface area contributed by atoms with Crippen LogP contribution in [0.2, 0.25) is 0 Å². The largest absolute Gasteiger partial charge is 0.481 e. The fourth-order valence-corrected chi connectivity index (χ4v) is 1.85. The molecule has 4 nitrogen and oxygen atoms in total. The molecule has 80 valence electrons. The minimum absolute atomic E-state index is 0.124. The van der Waals surface area contributed by atoms with Crippen molar-refractivity contribution in [3.63, 3.8) is 0 Å². The number of carboxylic acids is 1. The lowest BCUT2D eigenvalue weighted by Crippen LogP contribution is -2.08. The number of anilines is 1. The molecule has 1 aliphatic carbocycles. The minimum atomic E-state index is -0.788. The first-order chi connectivity index (χ1) is 7.25. The number of aromatic nitrogens is 1. The normalized spacial score (nSPS) is 13.6. The Labute approximate surface area is 88.3 Å². The lowest BCUT2D eigenvalue weighted by Gasteiger charge is -2.05. The molecule has 0 saturated heterocycles. The van der Waals surface area contributed by atoms with Gasteiger partial charge in [0.2, 0.25) is 0 Å². The van der Waals surface area contributed by atoms with E-state index in [-0.39, 0.29) is 6.42 Å². The number of nitrogens with one attached hydrogen (secondary N) is 1. The molecule has 0 aromatic carbocycles. The summed E-state index contributed by atoms with van der Waals surface area (Å²) in [5.41, 5.74) is 2.68. The van der Waals surface area contributed by atoms with Crippen LogP contribution in [0.25, 0.3) is 0 Å². The van der Waals surface area contributed by atoms with Gasteiger partial charge in [0.05, 0.1) is 6.42 Å². The Hall–Kier alpha value is -1.58. The van der Waals surface area contributed by atoms with E-state index in [1.165, 1.54) is 17.5 Å². The average molecular weight is 206 g/mol. The quantitative estimate of drug-likeness (QED) is 0.782. The first-order valence-corrected chi connectivity index (χ1v) is 5.19. The van der Waals surface area contributed by atoms with Crippen LogP contribution in [0.5, 0.6) is 0 Å². The van der Waals surface area contributed by atoms with Crippen LogP contribution in [0.4, 0.5) is 5.82 Å². The van der Waals surface area contributed by atoms with Crippen molar-refractivity contribution in [2.24, 2.45) is 0 Å². The van der Waals surface area contributed by atoms with Crippen LogP contribution >= 0.6 is 0 Å². The number of aliphatic carboxylic acids is 1. The van der Waals surface area contributed by atoms with Crippen molar-refractivity contribution in [2.45, 2.75) is 25.7 Å². The molecule has 1 aliphatic rings. The molecule has 0 bridgehead atoms. The Bertz CT molecular complexity index is 377. The van der Waals surface area contributed by atoms with Crippen molar-refractivity contribution >= 4 is 11.8 Å². The molecule has 15 heavy (non-hydrogen) atoms. The van der Waals surface area contributed by atoms with E-state index in [1.807, 2.05) is 12.3 Å². The Balaban J connectivity index is 1.95. The SMILES string of the molecule is O=C(O)CCNc1cc2c(cn1)CCC2. The predicted octanol–water partition coefficient (Wildman–Crippen LogP) is 1.46. The van der Waals surface area contributed by atoms with Crippen LogP contribution in [0.1, 0.15) is 24.0 Å². The zero-order valence-corrected chi connectivity index (χ0v) is 8.49. The van der Waals surface area contributed by atoms with Gasteiger partial charge in [-0.2, -0.15) is 0 Å². The number of hydrogen-bond donors (Lipinski definition) is 2. The van der Waals surface area contributed by atoms with E-state index in [0.717, 1.165) is 18.7 Å². The van der Waals surface area contributed by atoms with Gasteiger partial charge in [0, 0.05) is 12.7 Å². The maximum atomic E-state index is 10.3. The van der Waals surface area contributed by atoms with Crippen molar-refractivity contribution in [3.05, 3.63) is 23.4 Å². The average Bonchev–Trinajstić information content (AvgIpc) is 2.64. The van der Waals surface area contributed by atoms with E-state index in [1.54, 1.807) is 0 Å². The maximum Gasteiger partial charge on any atom is 0.305 e. The van der Waals surface area contributed by atoms with Crippen LogP contribution in [0.3, 0.4) is 0 Å². The fraction of sp³-hybridized carbons (Fsp3) is 0.455. The summed E-state index contributed by atoms with van der Waals surface area (Å²) < 4.78 is 0. The van der Waals surface area contributed by atoms with E-state index >= 15 is 0 Å². The number of rotatable bonds is 4. The molecule has 0 radical (unpaired) electrons. The molecule has 1 aromatic rings. The number of hydrogen-bond acceptors (Lipinski definition) is 3. The molecule has 2 N–H and O–H groups in total. The lowest BCUT2D eigenvalue weighted by atomic mass is 10.2. The maximum absolute atomic E-state index is 10.3. The number of aryl methyl sites for hydroxylation is 2. The third-order valence-corrected chi connectivity index (χ3v) is 2.62. The molecule has 0 spiro atoms. The molecule has 0 atom stereocenters. The fourth-order valence-electron chi connectivity index (χ4n) is 1.85. The van der Waals surface area contributed by atoms with E-state index in [4.69, 9.17) is 5.11 Å². The van der Waals surface area contributed by atoms with Gasteiger partial charge in [0.1, 0.15) is 5.82 Å². The Morgan fingerprint density at radius 1 is 1.47 bits per heavy atom. The van der Waals surface area contributed by atoms with Gasteiger partial charge in [-0.15, -0.1) is 0 Å². The van der Waals surface area contributed by atoms with Gasteiger partial charge in [-0.3, -0.25) is 4.79 Å². The monoisotopic (exact) mass is 206 g/mol. The number of fused-ring (bicyclic) bond motifs is 1. The van der Waals surface area contributed by atoms with E-state index in [2.05, 4.69) is 10.3 Å². The highest BCUT2D eigenvalue weighted by Gasteiger charge is 2.11. The summed E-state index contributed by atoms with van der Waals surface area (Å²) in [7, 11) is 0. The van der Waals surface area contributed by atoms with Crippen LogP contribution in [0.15, 0.2) is 12.3 Å². The van der Waals surface area contributed by atoms with Crippen molar-refractivity contribution in [3.8, 4) is 0 Å². The predicted molar refractivity (Wildman–Crippen MR) is 57.0 cm³/mol. The van der Waals surface area contributed by atoms with E-state index in [9.17, 15) is 4.79 Å². The summed E-state index contributed by atoms with van der Waals surface area (Å²) in [5, 5.41) is 11.5. The molecule has 1 heterocycles. The number of nitrogens with zero attached hydrogens (tertiary/aromatic N) is 1. The van der Waals surface area contributed by atoms with Crippen LogP contribution < -0.4 is 5.32 Å². The highest BCUT2D eigenvalue weighted by molar-refractivity contribution is 5.67. The number of carboxylic acid groups (broad SMARTS) is 1. The van der Waals surface area contributed by atoms with Gasteiger partial charge in [-0.05, 0) is 36.5 Å². The Morgan fingerprint density at radius 2 is 2.27 bits per heavy atom. The molecule has 0 fully saturated rings. The molecule has 4 heteroatoms. The van der Waals surface area contributed by atoms with Gasteiger partial charge in [0.15, 0.2) is 0 Å². The van der Waals surface area contributed by atoms with Crippen LogP contribution in [-0.2, 0) is 17.6 Å². The summed E-state index contributed by atoms with van der Waals surface area (Å²) in [4.78, 5) is 14.6. The topological polar surface area (TPSA) is 62.2 Å². The van der Waals surface area contributed by atoms with Gasteiger partial charge in [0.25, 0.3) is 0 Å². The van der Waals surface area contributed by atoms with Crippen molar-refractivity contribution < 1.29 is 9.90 Å². The van der Waals surface area contributed by atoms with Gasteiger partial charge in [-0.25, -0.2) is 4.98 Å². The van der Waals surface area contributed by atoms with Gasteiger partial charge >= 0.3 is 5.97 Å². The van der Waals surface area contributed by atoms with E-state index < -0.39 is 5.97 Å². The smallest absolute Gasteiger partial charge is 0.305 e. The molecule has 2 rings (SSSR count). The molecule has 0 aliphatic heterocycles. The van der Waals surface area contributed by atoms with Crippen molar-refractivity contribution in [2.75, 3.05) is 11.9 Å². The second-order valence-corrected chi connectivity index (χ2v) is 3.76. The second-order valence-electron chi connectivity index (χ2n) is 3.76. The van der Waals surface area contributed by atoms with Gasteiger partial charge < -0.3 is 10.4 Å². The highest BCUT2D eigenvalue weighted by atomic mass is 16.4. The third-order valence-electron chi connectivity index (χ3n) is 2.62. The zero-order valence-electron chi connectivity index (χ0n) is 8.49. The van der Waals surface area contributed by atoms with Crippen molar-refractivity contribution in [1.82, 2.24) is 4.98 Å². The third kappa shape index (κ3) is 2.46. The summed E-state index contributed by atoms with van der Waals surface area (Å²) >= 11 is 0. The molecule has 1 aromatic heterocycles. The molecule has 0 unspecified atom stereocenters.